The lowest BCUT2D eigenvalue weighted by Crippen LogP contribution is -2.32. The van der Waals surface area contributed by atoms with Crippen LogP contribution in [0.3, 0.4) is 0 Å². The fourth-order valence-electron chi connectivity index (χ4n) is 4.12. The van der Waals surface area contributed by atoms with Crippen LogP contribution in [-0.4, -0.2) is 53.6 Å². The number of amides is 1. The summed E-state index contributed by atoms with van der Waals surface area (Å²) in [5.74, 6) is 2.79. The fraction of sp³-hybridized carbons (Fsp3) is 0.375. The number of carbonyl (C=O) groups excluding carboxylic acids is 1. The molecule has 1 atom stereocenters. The first kappa shape index (κ1) is 22.8. The number of nitrogens with one attached hydrogen (secondary N) is 1. The molecule has 0 spiro atoms. The summed E-state index contributed by atoms with van der Waals surface area (Å²) < 4.78 is 17.5. The molecule has 0 bridgehead atoms. The SMILES string of the molecule is COc1ccc(Nc2nnc(SCC(=O)N3CCC[C@@H]3c3ccc4c(c3)OCCCO4)s2)cc1. The highest BCUT2D eigenvalue weighted by Gasteiger charge is 2.31. The fourth-order valence-corrected chi connectivity index (χ4v) is 5.78. The van der Waals surface area contributed by atoms with E-state index in [0.29, 0.717) is 24.1 Å². The Morgan fingerprint density at radius 3 is 2.79 bits per heavy atom. The van der Waals surface area contributed by atoms with Crippen molar-refractivity contribution in [2.45, 2.75) is 29.6 Å². The van der Waals surface area contributed by atoms with Crippen molar-refractivity contribution in [3.05, 3.63) is 48.0 Å². The molecule has 0 radical (unpaired) electrons. The number of likely N-dealkylation sites (tertiary alicyclic amines) is 1. The van der Waals surface area contributed by atoms with Gasteiger partial charge in [0.15, 0.2) is 15.8 Å². The summed E-state index contributed by atoms with van der Waals surface area (Å²) in [6.07, 6.45) is 2.81. The summed E-state index contributed by atoms with van der Waals surface area (Å²) in [7, 11) is 1.64. The molecular weight excluding hydrogens is 472 g/mol. The van der Waals surface area contributed by atoms with Gasteiger partial charge in [-0.25, -0.2) is 0 Å². The van der Waals surface area contributed by atoms with Crippen molar-refractivity contribution in [1.82, 2.24) is 15.1 Å². The molecule has 0 saturated carbocycles. The molecule has 10 heteroatoms. The molecule has 178 valence electrons. The maximum atomic E-state index is 13.1. The van der Waals surface area contributed by atoms with Crippen LogP contribution in [0.5, 0.6) is 17.2 Å². The minimum absolute atomic E-state index is 0.0620. The maximum Gasteiger partial charge on any atom is 0.233 e. The monoisotopic (exact) mass is 498 g/mol. The van der Waals surface area contributed by atoms with Gasteiger partial charge < -0.3 is 24.4 Å². The van der Waals surface area contributed by atoms with Gasteiger partial charge in [0.25, 0.3) is 0 Å². The maximum absolute atomic E-state index is 13.1. The summed E-state index contributed by atoms with van der Waals surface area (Å²) in [6.45, 7) is 2.08. The van der Waals surface area contributed by atoms with E-state index in [2.05, 4.69) is 21.6 Å². The van der Waals surface area contributed by atoms with E-state index in [-0.39, 0.29) is 11.9 Å². The smallest absolute Gasteiger partial charge is 0.233 e. The van der Waals surface area contributed by atoms with Gasteiger partial charge in [-0.3, -0.25) is 4.79 Å². The van der Waals surface area contributed by atoms with Gasteiger partial charge in [-0.15, -0.1) is 10.2 Å². The molecule has 0 aliphatic carbocycles. The van der Waals surface area contributed by atoms with Crippen molar-refractivity contribution in [3.8, 4) is 17.2 Å². The third kappa shape index (κ3) is 5.23. The van der Waals surface area contributed by atoms with Gasteiger partial charge in [-0.05, 0) is 54.8 Å². The second-order valence-electron chi connectivity index (χ2n) is 8.02. The van der Waals surface area contributed by atoms with Gasteiger partial charge in [0.05, 0.1) is 32.1 Å². The Morgan fingerprint density at radius 2 is 1.97 bits per heavy atom. The zero-order valence-corrected chi connectivity index (χ0v) is 20.5. The first-order valence-electron chi connectivity index (χ1n) is 11.3. The molecule has 3 aromatic rings. The Labute approximate surface area is 206 Å². The lowest BCUT2D eigenvalue weighted by molar-refractivity contribution is -0.129. The normalized spacial score (nSPS) is 17.3. The number of hydrogen-bond acceptors (Lipinski definition) is 9. The molecule has 1 amide bonds. The van der Waals surface area contributed by atoms with Gasteiger partial charge >= 0.3 is 0 Å². The highest BCUT2D eigenvalue weighted by molar-refractivity contribution is 8.01. The molecule has 0 unspecified atom stereocenters. The molecule has 2 aromatic carbocycles. The molecule has 5 rings (SSSR count). The van der Waals surface area contributed by atoms with Crippen molar-refractivity contribution in [1.29, 1.82) is 0 Å². The largest absolute Gasteiger partial charge is 0.497 e. The number of methoxy groups -OCH3 is 1. The van der Waals surface area contributed by atoms with Crippen LogP contribution in [0.4, 0.5) is 10.8 Å². The van der Waals surface area contributed by atoms with E-state index in [9.17, 15) is 4.79 Å². The Hall–Kier alpha value is -2.98. The predicted octanol–water partition coefficient (Wildman–Crippen LogP) is 4.91. The third-order valence-electron chi connectivity index (χ3n) is 5.80. The Bertz CT molecular complexity index is 1140. The number of hydrogen-bond donors (Lipinski definition) is 1. The van der Waals surface area contributed by atoms with Crippen LogP contribution in [0.1, 0.15) is 30.9 Å². The van der Waals surface area contributed by atoms with Crippen LogP contribution < -0.4 is 19.5 Å². The first-order valence-corrected chi connectivity index (χ1v) is 13.1. The molecule has 1 saturated heterocycles. The van der Waals surface area contributed by atoms with E-state index in [4.69, 9.17) is 14.2 Å². The molecule has 1 N–H and O–H groups in total. The van der Waals surface area contributed by atoms with Gasteiger partial charge in [0.2, 0.25) is 11.0 Å². The average molecular weight is 499 g/mol. The van der Waals surface area contributed by atoms with E-state index >= 15 is 0 Å². The van der Waals surface area contributed by atoms with Crippen LogP contribution in [-0.2, 0) is 4.79 Å². The molecule has 8 nitrogen and oxygen atoms in total. The summed E-state index contributed by atoms with van der Waals surface area (Å²) in [5.41, 5.74) is 2.00. The number of thioether (sulfide) groups is 1. The number of fused-ring (bicyclic) bond motifs is 1. The third-order valence-corrected chi connectivity index (χ3v) is 7.75. The van der Waals surface area contributed by atoms with Crippen molar-refractivity contribution >= 4 is 39.8 Å². The zero-order chi connectivity index (χ0) is 23.3. The number of carbonyl (C=O) groups is 1. The van der Waals surface area contributed by atoms with Crippen LogP contribution >= 0.6 is 23.1 Å². The lowest BCUT2D eigenvalue weighted by atomic mass is 10.0. The highest BCUT2D eigenvalue weighted by Crippen LogP contribution is 2.38. The summed E-state index contributed by atoms with van der Waals surface area (Å²) in [5, 5.41) is 12.3. The highest BCUT2D eigenvalue weighted by atomic mass is 32.2. The molecule has 34 heavy (non-hydrogen) atoms. The second kappa shape index (κ2) is 10.5. The Morgan fingerprint density at radius 1 is 1.15 bits per heavy atom. The minimum atomic E-state index is 0.0620. The minimum Gasteiger partial charge on any atom is -0.497 e. The quantitative estimate of drug-likeness (QED) is 0.460. The van der Waals surface area contributed by atoms with Crippen LogP contribution in [0.2, 0.25) is 0 Å². The number of benzene rings is 2. The zero-order valence-electron chi connectivity index (χ0n) is 18.9. The van der Waals surface area contributed by atoms with Gasteiger partial charge in [-0.1, -0.05) is 29.2 Å². The van der Waals surface area contributed by atoms with E-state index in [0.717, 1.165) is 58.6 Å². The molecule has 1 fully saturated rings. The summed E-state index contributed by atoms with van der Waals surface area (Å²) in [4.78, 5) is 15.1. The first-order chi connectivity index (χ1) is 16.7. The molecule has 2 aliphatic rings. The van der Waals surface area contributed by atoms with Crippen LogP contribution in [0, 0.1) is 0 Å². The van der Waals surface area contributed by atoms with Gasteiger partial charge in [0, 0.05) is 18.7 Å². The van der Waals surface area contributed by atoms with E-state index in [1.807, 2.05) is 41.3 Å². The van der Waals surface area contributed by atoms with E-state index in [1.54, 1.807) is 7.11 Å². The van der Waals surface area contributed by atoms with Crippen molar-refractivity contribution < 1.29 is 19.0 Å². The summed E-state index contributed by atoms with van der Waals surface area (Å²) >= 11 is 2.86. The second-order valence-corrected chi connectivity index (χ2v) is 10.2. The number of anilines is 2. The van der Waals surface area contributed by atoms with Crippen LogP contribution in [0.15, 0.2) is 46.8 Å². The van der Waals surface area contributed by atoms with Gasteiger partial charge in [0.1, 0.15) is 5.75 Å². The molecule has 2 aliphatic heterocycles. The Balaban J connectivity index is 1.19. The number of ether oxygens (including phenoxy) is 3. The van der Waals surface area contributed by atoms with E-state index < -0.39 is 0 Å². The average Bonchev–Trinajstić information content (AvgIpc) is 3.47. The van der Waals surface area contributed by atoms with E-state index in [1.165, 1.54) is 23.1 Å². The topological polar surface area (TPSA) is 85.8 Å². The molecule has 3 heterocycles. The number of aromatic nitrogens is 2. The Kier molecular flexibility index (Phi) is 7.05. The van der Waals surface area contributed by atoms with Crippen LogP contribution in [0.25, 0.3) is 0 Å². The molecule has 1 aromatic heterocycles. The van der Waals surface area contributed by atoms with Crippen molar-refractivity contribution in [3.63, 3.8) is 0 Å². The predicted molar refractivity (Wildman–Crippen MR) is 133 cm³/mol. The summed E-state index contributed by atoms with van der Waals surface area (Å²) in [6, 6.07) is 13.7. The van der Waals surface area contributed by atoms with Crippen molar-refractivity contribution in [2.75, 3.05) is 37.9 Å². The number of rotatable bonds is 7. The van der Waals surface area contributed by atoms with Gasteiger partial charge in [-0.2, -0.15) is 0 Å². The lowest BCUT2D eigenvalue weighted by Gasteiger charge is -2.25. The standard InChI is InChI=1S/C24H26N4O4S2/c1-30-18-8-6-17(7-9-18)25-23-26-27-24(34-23)33-15-22(29)28-11-2-4-19(28)16-5-10-20-21(14-16)32-13-3-12-31-20/h5-10,14,19H,2-4,11-13,15H2,1H3,(H,25,26)/t19-/m1/s1. The number of nitrogens with zero attached hydrogens (tertiary/aromatic N) is 3. The van der Waals surface area contributed by atoms with Crippen molar-refractivity contribution in [2.24, 2.45) is 0 Å². The molecular formula is C24H26N4O4S2.